The molecule has 0 bridgehead atoms. The molecule has 1 heterocycles. The molecule has 174 valence electrons. The quantitative estimate of drug-likeness (QED) is 0.173. The van der Waals surface area contributed by atoms with Crippen LogP contribution in [0.25, 0.3) is 20.2 Å². The zero-order chi connectivity index (χ0) is 23.3. The summed E-state index contributed by atoms with van der Waals surface area (Å²) in [5.74, 6) is -0.646. The molecule has 0 unspecified atom stereocenters. The largest absolute Gasteiger partial charge is 0.494 e. The van der Waals surface area contributed by atoms with E-state index in [9.17, 15) is 9.18 Å². The normalized spacial score (nSPS) is 11.7. The molecule has 32 heavy (non-hydrogen) atoms. The predicted octanol–water partition coefficient (Wildman–Crippen LogP) is 7.27. The molecule has 0 amide bonds. The maximum absolute atomic E-state index is 15.0. The molecule has 0 fully saturated rings. The fourth-order valence-electron chi connectivity index (χ4n) is 3.18. The van der Waals surface area contributed by atoms with Crippen molar-refractivity contribution in [2.24, 2.45) is 0 Å². The topological polar surface area (TPSA) is 54.0 Å². The fraction of sp³-hybridized carbons (Fsp3) is 0.435. The second-order valence-electron chi connectivity index (χ2n) is 8.27. The molecule has 0 aliphatic rings. The van der Waals surface area contributed by atoms with Gasteiger partial charge in [0.1, 0.15) is 0 Å². The Balaban J connectivity index is 1.54. The zero-order valence-corrected chi connectivity index (χ0v) is 20.6. The third kappa shape index (κ3) is 5.89. The van der Waals surface area contributed by atoms with Gasteiger partial charge in [-0.3, -0.25) is 0 Å². The molecule has 0 spiro atoms. The van der Waals surface area contributed by atoms with E-state index in [2.05, 4.69) is 0 Å². The molecule has 0 atom stereocenters. The van der Waals surface area contributed by atoms with Gasteiger partial charge in [0, 0.05) is 10.8 Å². The minimum absolute atomic E-state index is 0.143. The number of rotatable bonds is 10. The highest BCUT2D eigenvalue weighted by molar-refractivity contribution is 7.25. The van der Waals surface area contributed by atoms with Crippen LogP contribution >= 0.6 is 11.3 Å². The van der Waals surface area contributed by atoms with Crippen LogP contribution in [-0.2, 0) is 9.16 Å². The SMILES string of the molecule is CCOc1ccc2c(sc3c(F)c(OCCCCCOC(=O)O[Si](C)(C)C)ccc32)c1F. The average molecular weight is 483 g/mol. The summed E-state index contributed by atoms with van der Waals surface area (Å²) in [7, 11) is -1.94. The summed E-state index contributed by atoms with van der Waals surface area (Å²) in [6.07, 6.45) is 1.49. The standard InChI is InChI=1S/C23H28F2O5SSi/c1-5-27-17-11-9-15-16-10-12-18(20(25)22(16)31-21(15)19(17)24)28-13-7-6-8-14-29-23(26)30-32(2,3)4/h9-12H,5-8,13-14H2,1-4H3. The molecule has 0 N–H and O–H groups in total. The van der Waals surface area contributed by atoms with Crippen molar-refractivity contribution in [3.05, 3.63) is 35.9 Å². The van der Waals surface area contributed by atoms with E-state index in [1.54, 1.807) is 31.2 Å². The van der Waals surface area contributed by atoms with Crippen LogP contribution in [0.4, 0.5) is 13.6 Å². The molecule has 9 heteroatoms. The third-order valence-corrected chi connectivity index (χ3v) is 6.56. The first-order valence-electron chi connectivity index (χ1n) is 10.7. The van der Waals surface area contributed by atoms with E-state index in [1.165, 1.54) is 0 Å². The van der Waals surface area contributed by atoms with Crippen molar-refractivity contribution < 1.29 is 32.2 Å². The minimum atomic E-state index is -1.94. The number of benzene rings is 2. The summed E-state index contributed by atoms with van der Waals surface area (Å²) in [6, 6.07) is 6.66. The summed E-state index contributed by atoms with van der Waals surface area (Å²) in [6.45, 7) is 8.48. The predicted molar refractivity (Wildman–Crippen MR) is 126 cm³/mol. The zero-order valence-electron chi connectivity index (χ0n) is 18.8. The second-order valence-corrected chi connectivity index (χ2v) is 13.7. The Morgan fingerprint density at radius 2 is 1.44 bits per heavy atom. The van der Waals surface area contributed by atoms with Crippen LogP contribution < -0.4 is 9.47 Å². The first kappa shape index (κ1) is 24.3. The molecule has 1 aromatic heterocycles. The van der Waals surface area contributed by atoms with Crippen molar-refractivity contribution >= 4 is 46.0 Å². The number of ether oxygens (including phenoxy) is 3. The molecule has 0 saturated carbocycles. The van der Waals surface area contributed by atoms with E-state index >= 15 is 4.39 Å². The van der Waals surface area contributed by atoms with Crippen LogP contribution in [0.5, 0.6) is 11.5 Å². The third-order valence-electron chi connectivity index (χ3n) is 4.57. The molecule has 3 rings (SSSR count). The van der Waals surface area contributed by atoms with Crippen LogP contribution in [0, 0.1) is 11.6 Å². The number of thiophene rings is 1. The maximum Gasteiger partial charge on any atom is 0.494 e. The van der Waals surface area contributed by atoms with Gasteiger partial charge in [-0.1, -0.05) is 0 Å². The summed E-state index contributed by atoms with van der Waals surface area (Å²) in [4.78, 5) is 11.5. The van der Waals surface area contributed by atoms with E-state index in [0.29, 0.717) is 46.2 Å². The van der Waals surface area contributed by atoms with Gasteiger partial charge in [0.15, 0.2) is 23.1 Å². The Kier molecular flexibility index (Phi) is 7.94. The van der Waals surface area contributed by atoms with Gasteiger partial charge in [0.25, 0.3) is 8.32 Å². The monoisotopic (exact) mass is 482 g/mol. The molecule has 0 saturated heterocycles. The summed E-state index contributed by atoms with van der Waals surface area (Å²) >= 11 is 1.06. The van der Waals surface area contributed by atoms with Crippen molar-refractivity contribution in [3.63, 3.8) is 0 Å². The van der Waals surface area contributed by atoms with Crippen LogP contribution in [0.2, 0.25) is 19.6 Å². The number of hydrogen-bond acceptors (Lipinski definition) is 6. The number of hydrogen-bond donors (Lipinski definition) is 0. The Hall–Kier alpha value is -2.39. The lowest BCUT2D eigenvalue weighted by molar-refractivity contribution is 0.0950. The Morgan fingerprint density at radius 3 is 2.00 bits per heavy atom. The molecule has 0 aliphatic heterocycles. The Bertz CT molecular complexity index is 1090. The van der Waals surface area contributed by atoms with E-state index in [-0.39, 0.29) is 18.1 Å². The number of unbranched alkanes of at least 4 members (excludes halogenated alkanes) is 2. The van der Waals surface area contributed by atoms with Gasteiger partial charge < -0.3 is 18.6 Å². The lowest BCUT2D eigenvalue weighted by Crippen LogP contribution is -2.29. The van der Waals surface area contributed by atoms with Gasteiger partial charge in [-0.2, -0.15) is 0 Å². The molecular weight excluding hydrogens is 454 g/mol. The molecule has 2 aromatic carbocycles. The van der Waals surface area contributed by atoms with Gasteiger partial charge >= 0.3 is 6.16 Å². The lowest BCUT2D eigenvalue weighted by atomic mass is 10.1. The minimum Gasteiger partial charge on any atom is -0.491 e. The Labute approximate surface area is 191 Å². The molecule has 3 aromatic rings. The van der Waals surface area contributed by atoms with Gasteiger partial charge in [-0.05, 0) is 70.1 Å². The van der Waals surface area contributed by atoms with E-state index in [0.717, 1.165) is 17.8 Å². The van der Waals surface area contributed by atoms with Crippen molar-refractivity contribution in [3.8, 4) is 11.5 Å². The Morgan fingerprint density at radius 1 is 0.875 bits per heavy atom. The highest BCUT2D eigenvalue weighted by Crippen LogP contribution is 2.41. The van der Waals surface area contributed by atoms with Gasteiger partial charge in [-0.15, -0.1) is 11.3 Å². The van der Waals surface area contributed by atoms with Crippen LogP contribution in [-0.4, -0.2) is 34.3 Å². The fourth-order valence-corrected chi connectivity index (χ4v) is 4.90. The van der Waals surface area contributed by atoms with Crippen LogP contribution in [0.15, 0.2) is 24.3 Å². The lowest BCUT2D eigenvalue weighted by Gasteiger charge is -2.16. The van der Waals surface area contributed by atoms with Crippen molar-refractivity contribution in [1.29, 1.82) is 0 Å². The van der Waals surface area contributed by atoms with Crippen molar-refractivity contribution in [1.82, 2.24) is 0 Å². The summed E-state index contributed by atoms with van der Waals surface area (Å²) < 4.78 is 51.6. The van der Waals surface area contributed by atoms with Gasteiger partial charge in [0.05, 0.1) is 29.2 Å². The number of carbonyl (C=O) groups is 1. The first-order chi connectivity index (χ1) is 15.2. The highest BCUT2D eigenvalue weighted by atomic mass is 32.1. The van der Waals surface area contributed by atoms with Gasteiger partial charge in [0.2, 0.25) is 0 Å². The van der Waals surface area contributed by atoms with E-state index in [1.807, 2.05) is 19.6 Å². The number of halogens is 2. The van der Waals surface area contributed by atoms with Gasteiger partial charge in [-0.25, -0.2) is 13.6 Å². The summed E-state index contributed by atoms with van der Waals surface area (Å²) in [5.41, 5.74) is 0. The molecule has 5 nitrogen and oxygen atoms in total. The van der Waals surface area contributed by atoms with Crippen molar-refractivity contribution in [2.75, 3.05) is 19.8 Å². The van der Waals surface area contributed by atoms with Crippen LogP contribution in [0.3, 0.4) is 0 Å². The molecule has 0 aliphatic carbocycles. The second kappa shape index (κ2) is 10.5. The maximum atomic E-state index is 15.0. The average Bonchev–Trinajstić information content (AvgIpc) is 3.10. The number of fused-ring (bicyclic) bond motifs is 3. The molecule has 0 radical (unpaired) electrons. The summed E-state index contributed by atoms with van der Waals surface area (Å²) in [5, 5.41) is 1.31. The first-order valence-corrected chi connectivity index (χ1v) is 14.9. The van der Waals surface area contributed by atoms with Crippen molar-refractivity contribution in [2.45, 2.75) is 45.8 Å². The van der Waals surface area contributed by atoms with Crippen LogP contribution in [0.1, 0.15) is 26.2 Å². The molecular formula is C23H28F2O5SSi. The smallest absolute Gasteiger partial charge is 0.491 e. The number of carbonyl (C=O) groups excluding carboxylic acids is 1. The highest BCUT2D eigenvalue weighted by Gasteiger charge is 2.21. The van der Waals surface area contributed by atoms with E-state index < -0.39 is 26.1 Å². The van der Waals surface area contributed by atoms with E-state index in [4.69, 9.17) is 18.6 Å².